The number of hydrogen-bond donors (Lipinski definition) is 2. The molecule has 2 aliphatic rings. The van der Waals surface area contributed by atoms with E-state index >= 15 is 0 Å². The van der Waals surface area contributed by atoms with E-state index in [-0.39, 0.29) is 17.7 Å². The van der Waals surface area contributed by atoms with Gasteiger partial charge in [0.05, 0.1) is 5.92 Å². The Hall–Kier alpha value is -2.08. The predicted octanol–water partition coefficient (Wildman–Crippen LogP) is 2.32. The van der Waals surface area contributed by atoms with E-state index in [1.807, 2.05) is 0 Å². The van der Waals surface area contributed by atoms with Crippen LogP contribution < -0.4 is 5.32 Å². The van der Waals surface area contributed by atoms with Gasteiger partial charge in [0.2, 0.25) is 5.91 Å². The minimum atomic E-state index is -1.11. The van der Waals surface area contributed by atoms with Gasteiger partial charge in [-0.1, -0.05) is 11.6 Å². The Balaban J connectivity index is 1.64. The van der Waals surface area contributed by atoms with Crippen LogP contribution in [0.3, 0.4) is 0 Å². The molecule has 134 valence electrons. The highest BCUT2D eigenvalue weighted by atomic mass is 35.5. The lowest BCUT2D eigenvalue weighted by molar-refractivity contribution is -0.152. The number of likely N-dealkylation sites (tertiary alicyclic amines) is 1. The summed E-state index contributed by atoms with van der Waals surface area (Å²) in [6.45, 7) is 0.901. The minimum Gasteiger partial charge on any atom is -0.480 e. The zero-order valence-corrected chi connectivity index (χ0v) is 14.6. The van der Waals surface area contributed by atoms with Crippen LogP contribution in [0.5, 0.6) is 0 Å². The second-order valence-corrected chi connectivity index (χ2v) is 7.26. The first-order chi connectivity index (χ1) is 11.9. The molecule has 2 amide bonds. The molecule has 1 aliphatic heterocycles. The number of halogens is 1. The van der Waals surface area contributed by atoms with Crippen molar-refractivity contribution in [1.29, 1.82) is 0 Å². The van der Waals surface area contributed by atoms with Gasteiger partial charge in [0.1, 0.15) is 5.54 Å². The monoisotopic (exact) mass is 364 g/mol. The molecule has 3 rings (SSSR count). The Morgan fingerprint density at radius 1 is 1.16 bits per heavy atom. The van der Waals surface area contributed by atoms with Gasteiger partial charge in [0, 0.05) is 23.7 Å². The van der Waals surface area contributed by atoms with Crippen molar-refractivity contribution in [3.05, 3.63) is 34.9 Å². The fourth-order valence-corrected chi connectivity index (χ4v) is 3.54. The summed E-state index contributed by atoms with van der Waals surface area (Å²) in [5, 5.41) is 12.6. The number of nitrogens with one attached hydrogen (secondary N) is 1. The van der Waals surface area contributed by atoms with Crippen LogP contribution in [-0.4, -0.2) is 46.4 Å². The molecule has 1 atom stereocenters. The molecule has 1 unspecified atom stereocenters. The maximum atomic E-state index is 12.6. The molecule has 1 aliphatic carbocycles. The van der Waals surface area contributed by atoms with Crippen LogP contribution in [0, 0.1) is 5.92 Å². The van der Waals surface area contributed by atoms with Crippen LogP contribution in [0.15, 0.2) is 24.3 Å². The van der Waals surface area contributed by atoms with E-state index in [0.29, 0.717) is 42.9 Å². The summed E-state index contributed by atoms with van der Waals surface area (Å²) >= 11 is 5.85. The maximum absolute atomic E-state index is 12.6. The number of rotatable bonds is 4. The number of carbonyl (C=O) groups is 3. The summed E-state index contributed by atoms with van der Waals surface area (Å²) in [5.41, 5.74) is -0.578. The SMILES string of the molecule is O=C(NC1(C(=O)O)CCC1)C1CCCN(C(=O)c2ccc(Cl)cc2)C1. The molecule has 6 nitrogen and oxygen atoms in total. The van der Waals surface area contributed by atoms with E-state index in [1.54, 1.807) is 29.2 Å². The molecule has 2 N–H and O–H groups in total. The summed E-state index contributed by atoms with van der Waals surface area (Å²) in [4.78, 5) is 38.2. The summed E-state index contributed by atoms with van der Waals surface area (Å²) < 4.78 is 0. The lowest BCUT2D eigenvalue weighted by Crippen LogP contribution is -2.61. The smallest absolute Gasteiger partial charge is 0.329 e. The molecule has 0 spiro atoms. The minimum absolute atomic E-state index is 0.134. The van der Waals surface area contributed by atoms with E-state index in [9.17, 15) is 19.5 Å². The first-order valence-electron chi connectivity index (χ1n) is 8.51. The Morgan fingerprint density at radius 3 is 2.40 bits per heavy atom. The third-order valence-corrected chi connectivity index (χ3v) is 5.40. The van der Waals surface area contributed by atoms with E-state index in [0.717, 1.165) is 12.8 Å². The Labute approximate surface area is 151 Å². The van der Waals surface area contributed by atoms with Crippen molar-refractivity contribution in [3.8, 4) is 0 Å². The molecular weight excluding hydrogens is 344 g/mol. The molecule has 1 heterocycles. The van der Waals surface area contributed by atoms with Crippen molar-refractivity contribution in [3.63, 3.8) is 0 Å². The Kier molecular flexibility index (Phi) is 4.99. The zero-order chi connectivity index (χ0) is 18.0. The molecule has 7 heteroatoms. The highest BCUT2D eigenvalue weighted by Crippen LogP contribution is 2.33. The van der Waals surface area contributed by atoms with Crippen molar-refractivity contribution in [1.82, 2.24) is 10.2 Å². The van der Waals surface area contributed by atoms with Crippen LogP contribution in [0.25, 0.3) is 0 Å². The first-order valence-corrected chi connectivity index (χ1v) is 8.89. The number of nitrogens with zero attached hydrogens (tertiary/aromatic N) is 1. The number of piperidine rings is 1. The van der Waals surface area contributed by atoms with Gasteiger partial charge in [0.25, 0.3) is 5.91 Å². The quantitative estimate of drug-likeness (QED) is 0.858. The third-order valence-electron chi connectivity index (χ3n) is 5.15. The van der Waals surface area contributed by atoms with Gasteiger partial charge in [0.15, 0.2) is 0 Å². The van der Waals surface area contributed by atoms with Crippen molar-refractivity contribution in [2.75, 3.05) is 13.1 Å². The number of carboxylic acids is 1. The largest absolute Gasteiger partial charge is 0.480 e. The topological polar surface area (TPSA) is 86.7 Å². The summed E-state index contributed by atoms with van der Waals surface area (Å²) in [7, 11) is 0. The standard InChI is InChI=1S/C18H21ClN2O4/c19-14-6-4-12(5-7-14)16(23)21-10-1-3-13(11-21)15(22)20-18(17(24)25)8-2-9-18/h4-7,13H,1-3,8-11H2,(H,20,22)(H,24,25). The van der Waals surface area contributed by atoms with Gasteiger partial charge in [-0.25, -0.2) is 4.79 Å². The van der Waals surface area contributed by atoms with Gasteiger partial charge >= 0.3 is 5.97 Å². The lowest BCUT2D eigenvalue weighted by atomic mass is 9.76. The number of benzene rings is 1. The molecule has 0 radical (unpaired) electrons. The lowest BCUT2D eigenvalue weighted by Gasteiger charge is -2.40. The summed E-state index contributed by atoms with van der Waals surface area (Å²) in [5.74, 6) is -1.75. The molecule has 25 heavy (non-hydrogen) atoms. The first kappa shape index (κ1) is 17.7. The van der Waals surface area contributed by atoms with Gasteiger partial charge < -0.3 is 15.3 Å². The second-order valence-electron chi connectivity index (χ2n) is 6.83. The van der Waals surface area contributed by atoms with E-state index in [4.69, 9.17) is 11.6 Å². The van der Waals surface area contributed by atoms with E-state index in [1.165, 1.54) is 0 Å². The second kappa shape index (κ2) is 7.04. The predicted molar refractivity (Wildman–Crippen MR) is 92.4 cm³/mol. The number of amides is 2. The third kappa shape index (κ3) is 3.63. The normalized spacial score (nSPS) is 22.0. The molecule has 1 aromatic carbocycles. The number of hydrogen-bond acceptors (Lipinski definition) is 3. The zero-order valence-electron chi connectivity index (χ0n) is 13.8. The van der Waals surface area contributed by atoms with Crippen LogP contribution in [-0.2, 0) is 9.59 Å². The molecule has 1 aromatic rings. The molecule has 1 saturated carbocycles. The summed E-state index contributed by atoms with van der Waals surface area (Å²) in [6.07, 6.45) is 3.12. The van der Waals surface area contributed by atoms with Gasteiger partial charge in [-0.15, -0.1) is 0 Å². The highest BCUT2D eigenvalue weighted by Gasteiger charge is 2.46. The van der Waals surface area contributed by atoms with Gasteiger partial charge in [-0.2, -0.15) is 0 Å². The number of aliphatic carboxylic acids is 1. The molecule has 0 bridgehead atoms. The number of carboxylic acid groups (broad SMARTS) is 1. The fraction of sp³-hybridized carbons (Fsp3) is 0.500. The Bertz CT molecular complexity index is 685. The van der Waals surface area contributed by atoms with Crippen LogP contribution in [0.1, 0.15) is 42.5 Å². The van der Waals surface area contributed by atoms with E-state index in [2.05, 4.69) is 5.32 Å². The van der Waals surface area contributed by atoms with Crippen molar-refractivity contribution in [2.45, 2.75) is 37.6 Å². The fourth-order valence-electron chi connectivity index (χ4n) is 3.41. The molecule has 1 saturated heterocycles. The van der Waals surface area contributed by atoms with Crippen LogP contribution in [0.2, 0.25) is 5.02 Å². The molecular formula is C18H21ClN2O4. The molecule has 2 fully saturated rings. The van der Waals surface area contributed by atoms with Crippen molar-refractivity contribution >= 4 is 29.4 Å². The van der Waals surface area contributed by atoms with Gasteiger partial charge in [-0.3, -0.25) is 9.59 Å². The van der Waals surface area contributed by atoms with Crippen molar-refractivity contribution in [2.24, 2.45) is 5.92 Å². The molecule has 0 aromatic heterocycles. The average molecular weight is 365 g/mol. The van der Waals surface area contributed by atoms with E-state index < -0.39 is 11.5 Å². The average Bonchev–Trinajstić information content (AvgIpc) is 2.57. The highest BCUT2D eigenvalue weighted by molar-refractivity contribution is 6.30. The summed E-state index contributed by atoms with van der Waals surface area (Å²) in [6, 6.07) is 6.66. The van der Waals surface area contributed by atoms with Crippen LogP contribution in [0.4, 0.5) is 0 Å². The number of carbonyl (C=O) groups excluding carboxylic acids is 2. The maximum Gasteiger partial charge on any atom is 0.329 e. The van der Waals surface area contributed by atoms with Gasteiger partial charge in [-0.05, 0) is 56.4 Å². The Morgan fingerprint density at radius 2 is 1.84 bits per heavy atom. The van der Waals surface area contributed by atoms with Crippen LogP contribution >= 0.6 is 11.6 Å². The van der Waals surface area contributed by atoms with Crippen molar-refractivity contribution < 1.29 is 19.5 Å².